The first-order chi connectivity index (χ1) is 5.85. The molecule has 3 nitrogen and oxygen atoms in total. The largest absolute Gasteiger partial charge is 0.235 e. The Morgan fingerprint density at radius 3 is 2.25 bits per heavy atom. The Morgan fingerprint density at radius 1 is 1.33 bits per heavy atom. The lowest BCUT2D eigenvalue weighted by Crippen LogP contribution is -2.08. The fourth-order valence-corrected chi connectivity index (χ4v) is 1.28. The third-order valence-corrected chi connectivity index (χ3v) is 1.81. The van der Waals surface area contributed by atoms with E-state index in [0.29, 0.717) is 6.04 Å². The van der Waals surface area contributed by atoms with E-state index in [4.69, 9.17) is 5.26 Å². The number of hydrogen-bond acceptors (Lipinski definition) is 3. The van der Waals surface area contributed by atoms with Crippen LogP contribution in [0.4, 0.5) is 0 Å². The van der Waals surface area contributed by atoms with Gasteiger partial charge in [-0.15, -0.1) is 0 Å². The Hall–Kier alpha value is -1.13. The third-order valence-electron chi connectivity index (χ3n) is 1.81. The summed E-state index contributed by atoms with van der Waals surface area (Å²) in [6.07, 6.45) is 7.57. The average molecular weight is 166 g/mol. The fraction of sp³-hybridized carbons (Fsp3) is 0.778. The molecule has 0 N–H and O–H groups in total. The van der Waals surface area contributed by atoms with Gasteiger partial charge in [-0.05, 0) is 12.8 Å². The van der Waals surface area contributed by atoms with Crippen molar-refractivity contribution < 1.29 is 4.79 Å². The van der Waals surface area contributed by atoms with Crippen LogP contribution < -0.4 is 0 Å². The monoisotopic (exact) mass is 166 g/mol. The van der Waals surface area contributed by atoms with Gasteiger partial charge in [-0.25, -0.2) is 9.79 Å². The van der Waals surface area contributed by atoms with Gasteiger partial charge in [0.25, 0.3) is 0 Å². The molecule has 0 atom stereocenters. The third kappa shape index (κ3) is 5.64. The van der Waals surface area contributed by atoms with Crippen LogP contribution in [0.3, 0.4) is 0 Å². The van der Waals surface area contributed by atoms with E-state index >= 15 is 0 Å². The van der Waals surface area contributed by atoms with Gasteiger partial charge in [0.1, 0.15) is 0 Å². The first-order valence-corrected chi connectivity index (χ1v) is 4.23. The maximum Gasteiger partial charge on any atom is 0.235 e. The number of hydrogen-bond donors (Lipinski definition) is 0. The minimum absolute atomic E-state index is 0.302. The van der Waals surface area contributed by atoms with Gasteiger partial charge in [-0.2, -0.15) is 5.26 Å². The first-order valence-electron chi connectivity index (χ1n) is 4.23. The molecule has 0 aliphatic heterocycles. The van der Waals surface area contributed by atoms with Gasteiger partial charge in [-0.1, -0.05) is 19.3 Å². The Labute approximate surface area is 73.1 Å². The highest BCUT2D eigenvalue weighted by Crippen LogP contribution is 2.19. The lowest BCUT2D eigenvalue weighted by Gasteiger charge is -2.14. The molecule has 1 aliphatic rings. The van der Waals surface area contributed by atoms with Crippen LogP contribution in [0.2, 0.25) is 0 Å². The van der Waals surface area contributed by atoms with E-state index in [1.54, 1.807) is 12.1 Å². The maximum absolute atomic E-state index is 9.78. The van der Waals surface area contributed by atoms with Crippen molar-refractivity contribution in [2.24, 2.45) is 4.99 Å². The number of carbonyl (C=O) groups excluding carboxylic acids is 1. The van der Waals surface area contributed by atoms with E-state index in [9.17, 15) is 4.79 Å². The van der Waals surface area contributed by atoms with Gasteiger partial charge in [0.2, 0.25) is 6.08 Å². The van der Waals surface area contributed by atoms with E-state index in [0.717, 1.165) is 12.8 Å². The van der Waals surface area contributed by atoms with Crippen molar-refractivity contribution in [2.75, 3.05) is 0 Å². The zero-order chi connectivity index (χ0) is 9.23. The number of isocyanates is 1. The molecule has 0 amide bonds. The number of aliphatic imine (C=N–C) groups is 1. The quantitative estimate of drug-likeness (QED) is 0.443. The molecular weight excluding hydrogens is 152 g/mol. The molecule has 0 aromatic rings. The van der Waals surface area contributed by atoms with Gasteiger partial charge >= 0.3 is 0 Å². The fourth-order valence-electron chi connectivity index (χ4n) is 1.28. The van der Waals surface area contributed by atoms with Gasteiger partial charge in [-0.3, -0.25) is 0 Å². The van der Waals surface area contributed by atoms with Crippen LogP contribution in [0.15, 0.2) is 4.99 Å². The second-order valence-corrected chi connectivity index (χ2v) is 2.74. The molecule has 12 heavy (non-hydrogen) atoms. The first kappa shape index (κ1) is 10.9. The number of rotatable bonds is 1. The van der Waals surface area contributed by atoms with Gasteiger partial charge < -0.3 is 0 Å². The van der Waals surface area contributed by atoms with Crippen molar-refractivity contribution >= 4 is 6.08 Å². The molecule has 0 aromatic carbocycles. The summed E-state index contributed by atoms with van der Waals surface area (Å²) >= 11 is 0. The highest BCUT2D eigenvalue weighted by Gasteiger charge is 2.10. The summed E-state index contributed by atoms with van der Waals surface area (Å²) in [5.74, 6) is 0. The van der Waals surface area contributed by atoms with E-state index in [-0.39, 0.29) is 0 Å². The van der Waals surface area contributed by atoms with Crippen LogP contribution in [-0.4, -0.2) is 12.1 Å². The van der Waals surface area contributed by atoms with Crippen molar-refractivity contribution in [3.8, 4) is 6.07 Å². The minimum atomic E-state index is 0.302. The predicted octanol–water partition coefficient (Wildman–Crippen LogP) is 2.18. The molecule has 3 heteroatoms. The van der Waals surface area contributed by atoms with Crippen molar-refractivity contribution in [3.05, 3.63) is 0 Å². The molecule has 0 heterocycles. The van der Waals surface area contributed by atoms with Crippen molar-refractivity contribution in [1.29, 1.82) is 5.26 Å². The summed E-state index contributed by atoms with van der Waals surface area (Å²) < 4.78 is 0. The highest BCUT2D eigenvalue weighted by molar-refractivity contribution is 5.33. The molecule has 0 unspecified atom stereocenters. The lowest BCUT2D eigenvalue weighted by molar-refractivity contribution is 0.439. The standard InChI is InChI=1S/C7H11NO.C2H3N/c9-6-8-7-4-2-1-3-5-7;1-2-3/h7H,1-5H2;1H3. The Kier molecular flexibility index (Phi) is 7.22. The minimum Gasteiger partial charge on any atom is -0.211 e. The zero-order valence-corrected chi connectivity index (χ0v) is 7.42. The van der Waals surface area contributed by atoms with Crippen molar-refractivity contribution in [3.63, 3.8) is 0 Å². The van der Waals surface area contributed by atoms with E-state index in [1.807, 2.05) is 0 Å². The molecule has 0 aromatic heterocycles. The normalized spacial score (nSPS) is 16.3. The molecule has 1 fully saturated rings. The average Bonchev–Trinajstić information content (AvgIpc) is 2.08. The van der Waals surface area contributed by atoms with Crippen LogP contribution in [0.1, 0.15) is 39.0 Å². The summed E-state index contributed by atoms with van der Waals surface area (Å²) in [5.41, 5.74) is 0. The van der Waals surface area contributed by atoms with Gasteiger partial charge in [0.05, 0.1) is 12.1 Å². The zero-order valence-electron chi connectivity index (χ0n) is 7.42. The smallest absolute Gasteiger partial charge is 0.211 e. The topological polar surface area (TPSA) is 53.2 Å². The van der Waals surface area contributed by atoms with Crippen molar-refractivity contribution in [1.82, 2.24) is 0 Å². The SMILES string of the molecule is CC#N.O=C=NC1CCCCC1. The Bertz CT molecular complexity index is 183. The van der Waals surface area contributed by atoms with Gasteiger partial charge in [0, 0.05) is 6.92 Å². The molecule has 1 aliphatic carbocycles. The molecule has 0 radical (unpaired) electrons. The molecule has 66 valence electrons. The number of nitrogens with zero attached hydrogens (tertiary/aromatic N) is 2. The van der Waals surface area contributed by atoms with Crippen LogP contribution in [-0.2, 0) is 4.79 Å². The lowest BCUT2D eigenvalue weighted by atomic mass is 9.96. The van der Waals surface area contributed by atoms with E-state index < -0.39 is 0 Å². The highest BCUT2D eigenvalue weighted by atomic mass is 16.1. The summed E-state index contributed by atoms with van der Waals surface area (Å²) in [7, 11) is 0. The van der Waals surface area contributed by atoms with Crippen LogP contribution in [0.25, 0.3) is 0 Å². The maximum atomic E-state index is 9.78. The van der Waals surface area contributed by atoms with E-state index in [2.05, 4.69) is 4.99 Å². The molecule has 0 bridgehead atoms. The predicted molar refractivity (Wildman–Crippen MR) is 46.3 cm³/mol. The summed E-state index contributed by atoms with van der Waals surface area (Å²) in [6.45, 7) is 1.43. The molecule has 0 spiro atoms. The summed E-state index contributed by atoms with van der Waals surface area (Å²) in [5, 5.41) is 7.32. The van der Waals surface area contributed by atoms with Crippen molar-refractivity contribution in [2.45, 2.75) is 45.1 Å². The van der Waals surface area contributed by atoms with Crippen LogP contribution in [0, 0.1) is 11.3 Å². The van der Waals surface area contributed by atoms with Crippen LogP contribution in [0.5, 0.6) is 0 Å². The number of nitriles is 1. The summed E-state index contributed by atoms with van der Waals surface area (Å²) in [4.78, 5) is 13.5. The Morgan fingerprint density at radius 2 is 1.83 bits per heavy atom. The Balaban J connectivity index is 0.000000354. The van der Waals surface area contributed by atoms with Gasteiger partial charge in [0.15, 0.2) is 0 Å². The second-order valence-electron chi connectivity index (χ2n) is 2.74. The summed E-state index contributed by atoms with van der Waals surface area (Å²) in [6, 6.07) is 2.05. The second kappa shape index (κ2) is 7.97. The molecular formula is C9H14N2O. The molecule has 1 saturated carbocycles. The molecule has 0 saturated heterocycles. The van der Waals surface area contributed by atoms with Crippen LogP contribution >= 0.6 is 0 Å². The molecule has 1 rings (SSSR count). The van der Waals surface area contributed by atoms with E-state index in [1.165, 1.54) is 26.2 Å².